The van der Waals surface area contributed by atoms with E-state index in [1.165, 1.54) is 4.68 Å². The largest absolute Gasteiger partial charge is 0.435 e. The summed E-state index contributed by atoms with van der Waals surface area (Å²) >= 11 is 0. The summed E-state index contributed by atoms with van der Waals surface area (Å²) in [5, 5.41) is 6.57. The van der Waals surface area contributed by atoms with E-state index in [1.807, 2.05) is 30.3 Å². The molecular formula is C19H22F3N3O. The van der Waals surface area contributed by atoms with Crippen molar-refractivity contribution in [3.63, 3.8) is 0 Å². The van der Waals surface area contributed by atoms with Gasteiger partial charge in [-0.1, -0.05) is 30.3 Å². The quantitative estimate of drug-likeness (QED) is 0.851. The van der Waals surface area contributed by atoms with Crippen LogP contribution in [-0.4, -0.2) is 22.2 Å². The Morgan fingerprint density at radius 3 is 2.62 bits per heavy atom. The van der Waals surface area contributed by atoms with Gasteiger partial charge in [-0.3, -0.25) is 9.48 Å². The topological polar surface area (TPSA) is 46.9 Å². The maximum Gasteiger partial charge on any atom is 0.435 e. The zero-order valence-electron chi connectivity index (χ0n) is 14.5. The predicted octanol–water partition coefficient (Wildman–Crippen LogP) is 3.53. The molecule has 1 aliphatic rings. The SMILES string of the molecule is O=C(CCc1ccccc1)NCCn1nc(C(F)(F)F)c2c1CCCC2. The molecular weight excluding hydrogens is 343 g/mol. The summed E-state index contributed by atoms with van der Waals surface area (Å²) in [5.41, 5.74) is 1.32. The molecule has 3 rings (SSSR count). The normalized spacial score (nSPS) is 14.1. The number of hydrogen-bond acceptors (Lipinski definition) is 2. The highest BCUT2D eigenvalue weighted by Crippen LogP contribution is 2.35. The number of hydrogen-bond donors (Lipinski definition) is 1. The molecule has 0 bridgehead atoms. The summed E-state index contributed by atoms with van der Waals surface area (Å²) in [6.07, 6.45) is -0.756. The Hall–Kier alpha value is -2.31. The average molecular weight is 365 g/mol. The molecule has 140 valence electrons. The van der Waals surface area contributed by atoms with Crippen molar-refractivity contribution < 1.29 is 18.0 Å². The summed E-state index contributed by atoms with van der Waals surface area (Å²) in [4.78, 5) is 11.9. The third-order valence-electron chi connectivity index (χ3n) is 4.65. The van der Waals surface area contributed by atoms with Crippen molar-refractivity contribution in [3.8, 4) is 0 Å². The van der Waals surface area contributed by atoms with Crippen molar-refractivity contribution >= 4 is 5.91 Å². The fourth-order valence-corrected chi connectivity index (χ4v) is 3.38. The molecule has 26 heavy (non-hydrogen) atoms. The summed E-state index contributed by atoms with van der Waals surface area (Å²) in [7, 11) is 0. The maximum atomic E-state index is 13.2. The second kappa shape index (κ2) is 7.93. The molecule has 0 spiro atoms. The van der Waals surface area contributed by atoms with Crippen LogP contribution in [0.15, 0.2) is 30.3 Å². The zero-order chi connectivity index (χ0) is 18.6. The summed E-state index contributed by atoms with van der Waals surface area (Å²) < 4.78 is 40.9. The number of amides is 1. The van der Waals surface area contributed by atoms with Crippen LogP contribution >= 0.6 is 0 Å². The van der Waals surface area contributed by atoms with Gasteiger partial charge in [-0.15, -0.1) is 0 Å². The van der Waals surface area contributed by atoms with Gasteiger partial charge < -0.3 is 5.32 Å². The van der Waals surface area contributed by atoms with E-state index < -0.39 is 11.9 Å². The summed E-state index contributed by atoms with van der Waals surface area (Å²) in [6.45, 7) is 0.536. The number of aromatic nitrogens is 2. The molecule has 1 N–H and O–H groups in total. The van der Waals surface area contributed by atoms with Crippen molar-refractivity contribution in [1.82, 2.24) is 15.1 Å². The fraction of sp³-hybridized carbons (Fsp3) is 0.474. The molecule has 1 heterocycles. The Morgan fingerprint density at radius 2 is 1.88 bits per heavy atom. The molecule has 4 nitrogen and oxygen atoms in total. The number of carbonyl (C=O) groups excluding carboxylic acids is 1. The van der Waals surface area contributed by atoms with Crippen LogP contribution in [0.3, 0.4) is 0 Å². The molecule has 0 radical (unpaired) electrons. The van der Waals surface area contributed by atoms with Gasteiger partial charge in [0, 0.05) is 24.2 Å². The van der Waals surface area contributed by atoms with Crippen molar-refractivity contribution in [1.29, 1.82) is 0 Å². The highest BCUT2D eigenvalue weighted by molar-refractivity contribution is 5.76. The minimum Gasteiger partial charge on any atom is -0.354 e. The van der Waals surface area contributed by atoms with E-state index in [-0.39, 0.29) is 19.0 Å². The fourth-order valence-electron chi connectivity index (χ4n) is 3.38. The molecule has 1 aromatic heterocycles. The molecule has 0 fully saturated rings. The van der Waals surface area contributed by atoms with Gasteiger partial charge in [0.2, 0.25) is 5.91 Å². The zero-order valence-corrected chi connectivity index (χ0v) is 14.5. The van der Waals surface area contributed by atoms with E-state index in [1.54, 1.807) is 0 Å². The second-order valence-electron chi connectivity index (χ2n) is 6.54. The van der Waals surface area contributed by atoms with Gasteiger partial charge in [0.15, 0.2) is 5.69 Å². The van der Waals surface area contributed by atoms with E-state index in [0.29, 0.717) is 36.9 Å². The average Bonchev–Trinajstić information content (AvgIpc) is 3.00. The van der Waals surface area contributed by atoms with Gasteiger partial charge in [-0.2, -0.15) is 18.3 Å². The highest BCUT2D eigenvalue weighted by atomic mass is 19.4. The van der Waals surface area contributed by atoms with Crippen LogP contribution < -0.4 is 5.32 Å². The lowest BCUT2D eigenvalue weighted by atomic mass is 9.95. The second-order valence-corrected chi connectivity index (χ2v) is 6.54. The van der Waals surface area contributed by atoms with E-state index in [9.17, 15) is 18.0 Å². The number of halogens is 3. The van der Waals surface area contributed by atoms with Crippen LogP contribution in [0.25, 0.3) is 0 Å². The molecule has 0 saturated heterocycles. The summed E-state index contributed by atoms with van der Waals surface area (Å²) in [5.74, 6) is -0.106. The standard InChI is InChI=1S/C19H22F3N3O/c20-19(21,22)18-15-8-4-5-9-16(15)25(24-18)13-12-23-17(26)11-10-14-6-2-1-3-7-14/h1-3,6-7H,4-5,8-13H2,(H,23,26). The van der Waals surface area contributed by atoms with E-state index in [4.69, 9.17) is 0 Å². The monoisotopic (exact) mass is 365 g/mol. The Morgan fingerprint density at radius 1 is 1.15 bits per heavy atom. The number of rotatable bonds is 6. The molecule has 1 aromatic carbocycles. The first-order valence-electron chi connectivity index (χ1n) is 8.91. The number of carbonyl (C=O) groups is 1. The lowest BCUT2D eigenvalue weighted by Crippen LogP contribution is -2.28. The van der Waals surface area contributed by atoms with Crippen molar-refractivity contribution in [2.24, 2.45) is 0 Å². The first-order valence-corrected chi connectivity index (χ1v) is 8.91. The van der Waals surface area contributed by atoms with E-state index in [2.05, 4.69) is 10.4 Å². The van der Waals surface area contributed by atoms with E-state index >= 15 is 0 Å². The number of benzene rings is 1. The number of aryl methyl sites for hydroxylation is 1. The lowest BCUT2D eigenvalue weighted by Gasteiger charge is -2.15. The van der Waals surface area contributed by atoms with Gasteiger partial charge in [-0.25, -0.2) is 0 Å². The summed E-state index contributed by atoms with van der Waals surface area (Å²) in [6, 6.07) is 9.69. The Balaban J connectivity index is 1.55. The third-order valence-corrected chi connectivity index (χ3v) is 4.65. The van der Waals surface area contributed by atoms with Gasteiger partial charge in [-0.05, 0) is 37.7 Å². The van der Waals surface area contributed by atoms with Crippen molar-refractivity contribution in [2.75, 3.05) is 6.54 Å². The number of nitrogens with one attached hydrogen (secondary N) is 1. The number of alkyl halides is 3. The van der Waals surface area contributed by atoms with Crippen LogP contribution in [0.2, 0.25) is 0 Å². The predicted molar refractivity (Wildman–Crippen MR) is 91.6 cm³/mol. The van der Waals surface area contributed by atoms with Crippen molar-refractivity contribution in [3.05, 3.63) is 52.8 Å². The van der Waals surface area contributed by atoms with Crippen LogP contribution in [0.4, 0.5) is 13.2 Å². The Labute approximate surface area is 150 Å². The molecule has 0 atom stereocenters. The Bertz CT molecular complexity index is 753. The van der Waals surface area contributed by atoms with Gasteiger partial charge in [0.25, 0.3) is 0 Å². The minimum absolute atomic E-state index is 0.106. The molecule has 0 aliphatic heterocycles. The molecule has 1 aliphatic carbocycles. The van der Waals surface area contributed by atoms with Crippen LogP contribution in [-0.2, 0) is 36.8 Å². The van der Waals surface area contributed by atoms with E-state index in [0.717, 1.165) is 18.4 Å². The smallest absolute Gasteiger partial charge is 0.354 e. The Kier molecular flexibility index (Phi) is 5.64. The minimum atomic E-state index is -4.42. The molecule has 2 aromatic rings. The lowest BCUT2D eigenvalue weighted by molar-refractivity contribution is -0.142. The first-order chi connectivity index (χ1) is 12.4. The highest BCUT2D eigenvalue weighted by Gasteiger charge is 2.39. The molecule has 7 heteroatoms. The third kappa shape index (κ3) is 4.45. The van der Waals surface area contributed by atoms with Gasteiger partial charge in [0.1, 0.15) is 0 Å². The van der Waals surface area contributed by atoms with Crippen LogP contribution in [0.5, 0.6) is 0 Å². The maximum absolute atomic E-state index is 13.2. The van der Waals surface area contributed by atoms with Gasteiger partial charge in [0.05, 0.1) is 6.54 Å². The molecule has 1 amide bonds. The number of nitrogens with zero attached hydrogens (tertiary/aromatic N) is 2. The van der Waals surface area contributed by atoms with Crippen LogP contribution in [0.1, 0.15) is 41.8 Å². The van der Waals surface area contributed by atoms with Gasteiger partial charge >= 0.3 is 6.18 Å². The van der Waals surface area contributed by atoms with Crippen LogP contribution in [0, 0.1) is 0 Å². The first kappa shape index (κ1) is 18.5. The van der Waals surface area contributed by atoms with Crippen molar-refractivity contribution in [2.45, 2.75) is 51.2 Å². The number of fused-ring (bicyclic) bond motifs is 1. The molecule has 0 saturated carbocycles. The molecule has 0 unspecified atom stereocenters.